The molecule has 1 saturated heterocycles. The van der Waals surface area contributed by atoms with Gasteiger partial charge in [0.05, 0.1) is 11.8 Å². The zero-order valence-electron chi connectivity index (χ0n) is 12.6. The number of piperazine rings is 1. The van der Waals surface area contributed by atoms with Gasteiger partial charge in [0.25, 0.3) is 5.91 Å². The number of anilines is 1. The molecule has 1 aliphatic heterocycles. The standard InChI is InChI=1S/C15H21FN4O2/c1-22-11-8-10(9-11)18-15(21)12-2-3-13(14(16)19-12)20-6-4-17-5-7-20/h2-3,10-11,17H,4-9H2,1H3,(H,18,21). The van der Waals surface area contributed by atoms with Gasteiger partial charge in [0, 0.05) is 39.3 Å². The molecule has 22 heavy (non-hydrogen) atoms. The summed E-state index contributed by atoms with van der Waals surface area (Å²) in [6, 6.07) is 3.32. The van der Waals surface area contributed by atoms with Gasteiger partial charge < -0.3 is 20.3 Å². The first-order chi connectivity index (χ1) is 10.7. The number of halogens is 1. The van der Waals surface area contributed by atoms with E-state index in [2.05, 4.69) is 15.6 Å². The highest BCUT2D eigenvalue weighted by Crippen LogP contribution is 2.23. The Morgan fingerprint density at radius 3 is 2.77 bits per heavy atom. The van der Waals surface area contributed by atoms with Gasteiger partial charge in [-0.05, 0) is 25.0 Å². The number of nitrogens with one attached hydrogen (secondary N) is 2. The number of carbonyl (C=O) groups is 1. The second kappa shape index (κ2) is 6.58. The van der Waals surface area contributed by atoms with E-state index in [0.29, 0.717) is 5.69 Å². The van der Waals surface area contributed by atoms with Crippen molar-refractivity contribution in [1.29, 1.82) is 0 Å². The summed E-state index contributed by atoms with van der Waals surface area (Å²) in [5.74, 6) is -0.914. The largest absolute Gasteiger partial charge is 0.381 e. The van der Waals surface area contributed by atoms with E-state index in [4.69, 9.17) is 4.74 Å². The molecule has 120 valence electrons. The summed E-state index contributed by atoms with van der Waals surface area (Å²) in [6.45, 7) is 3.13. The minimum absolute atomic E-state index is 0.0927. The molecule has 0 bridgehead atoms. The van der Waals surface area contributed by atoms with Gasteiger partial charge in [-0.25, -0.2) is 4.98 Å². The number of amides is 1. The van der Waals surface area contributed by atoms with Gasteiger partial charge in [-0.2, -0.15) is 4.39 Å². The van der Waals surface area contributed by atoms with Gasteiger partial charge in [-0.1, -0.05) is 0 Å². The van der Waals surface area contributed by atoms with E-state index < -0.39 is 5.95 Å². The number of rotatable bonds is 4. The maximum Gasteiger partial charge on any atom is 0.270 e. The van der Waals surface area contributed by atoms with Crippen LogP contribution in [0.25, 0.3) is 0 Å². The van der Waals surface area contributed by atoms with Crippen LogP contribution in [0.5, 0.6) is 0 Å². The van der Waals surface area contributed by atoms with Gasteiger partial charge >= 0.3 is 0 Å². The number of pyridine rings is 1. The molecular formula is C15H21FN4O2. The summed E-state index contributed by atoms with van der Waals surface area (Å²) >= 11 is 0. The summed E-state index contributed by atoms with van der Waals surface area (Å²) in [6.07, 6.45) is 1.80. The van der Waals surface area contributed by atoms with Crippen LogP contribution in [0.15, 0.2) is 12.1 Å². The van der Waals surface area contributed by atoms with Crippen LogP contribution >= 0.6 is 0 Å². The number of carbonyl (C=O) groups excluding carboxylic acids is 1. The van der Waals surface area contributed by atoms with Crippen LogP contribution in [0.1, 0.15) is 23.3 Å². The van der Waals surface area contributed by atoms with Gasteiger partial charge in [0.2, 0.25) is 5.95 Å². The molecule has 2 heterocycles. The summed E-state index contributed by atoms with van der Waals surface area (Å²) in [5.41, 5.74) is 0.582. The Morgan fingerprint density at radius 2 is 2.14 bits per heavy atom. The van der Waals surface area contributed by atoms with E-state index in [9.17, 15) is 9.18 Å². The zero-order chi connectivity index (χ0) is 15.5. The fraction of sp³-hybridized carbons (Fsp3) is 0.600. The minimum atomic E-state index is -0.585. The second-order valence-corrected chi connectivity index (χ2v) is 5.74. The minimum Gasteiger partial charge on any atom is -0.381 e. The number of methoxy groups -OCH3 is 1. The van der Waals surface area contributed by atoms with E-state index in [-0.39, 0.29) is 23.7 Å². The Balaban J connectivity index is 1.62. The SMILES string of the molecule is COC1CC(NC(=O)c2ccc(N3CCNCC3)c(F)n2)C1. The molecule has 0 atom stereocenters. The molecule has 1 aromatic rings. The van der Waals surface area contributed by atoms with Crippen LogP contribution in [-0.2, 0) is 4.74 Å². The molecule has 1 aliphatic carbocycles. The summed E-state index contributed by atoms with van der Waals surface area (Å²) in [5, 5.41) is 6.07. The Kier molecular flexibility index (Phi) is 4.54. The second-order valence-electron chi connectivity index (χ2n) is 5.74. The van der Waals surface area contributed by atoms with Gasteiger partial charge in [-0.15, -0.1) is 0 Å². The molecule has 0 unspecified atom stereocenters. The molecule has 6 nitrogen and oxygen atoms in total. The van der Waals surface area contributed by atoms with Crippen LogP contribution in [-0.4, -0.2) is 56.3 Å². The third-order valence-corrected chi connectivity index (χ3v) is 4.28. The first kappa shape index (κ1) is 15.2. The third-order valence-electron chi connectivity index (χ3n) is 4.28. The van der Waals surface area contributed by atoms with Gasteiger partial charge in [0.15, 0.2) is 0 Å². The Morgan fingerprint density at radius 1 is 1.41 bits per heavy atom. The molecular weight excluding hydrogens is 287 g/mol. The number of aromatic nitrogens is 1. The predicted molar refractivity (Wildman–Crippen MR) is 80.6 cm³/mol. The molecule has 1 saturated carbocycles. The summed E-state index contributed by atoms with van der Waals surface area (Å²) in [4.78, 5) is 17.8. The highest BCUT2D eigenvalue weighted by atomic mass is 19.1. The molecule has 2 aliphatic rings. The number of nitrogens with zero attached hydrogens (tertiary/aromatic N) is 2. The van der Waals surface area contributed by atoms with Crippen LogP contribution in [0.2, 0.25) is 0 Å². The van der Waals surface area contributed by atoms with Crippen molar-refractivity contribution in [3.05, 3.63) is 23.8 Å². The van der Waals surface area contributed by atoms with Crippen molar-refractivity contribution in [1.82, 2.24) is 15.6 Å². The number of hydrogen-bond acceptors (Lipinski definition) is 5. The third kappa shape index (κ3) is 3.20. The Hall–Kier alpha value is -1.73. The van der Waals surface area contributed by atoms with Gasteiger partial charge in [0.1, 0.15) is 5.69 Å². The monoisotopic (exact) mass is 308 g/mol. The molecule has 1 aromatic heterocycles. The van der Waals surface area contributed by atoms with E-state index in [0.717, 1.165) is 39.0 Å². The maximum atomic E-state index is 14.2. The topological polar surface area (TPSA) is 66.5 Å². The lowest BCUT2D eigenvalue weighted by molar-refractivity contribution is 0.0175. The molecule has 3 rings (SSSR count). The molecule has 7 heteroatoms. The number of hydrogen-bond donors (Lipinski definition) is 2. The summed E-state index contributed by atoms with van der Waals surface area (Å²) < 4.78 is 19.3. The highest BCUT2D eigenvalue weighted by Gasteiger charge is 2.30. The van der Waals surface area contributed by atoms with Crippen molar-refractivity contribution >= 4 is 11.6 Å². The van der Waals surface area contributed by atoms with Crippen molar-refractivity contribution < 1.29 is 13.9 Å². The van der Waals surface area contributed by atoms with Crippen LogP contribution in [0.4, 0.5) is 10.1 Å². The zero-order valence-corrected chi connectivity index (χ0v) is 12.6. The average molecular weight is 308 g/mol. The van der Waals surface area contributed by atoms with Crippen molar-refractivity contribution in [2.45, 2.75) is 25.0 Å². The lowest BCUT2D eigenvalue weighted by Gasteiger charge is -2.34. The molecule has 2 N–H and O–H groups in total. The molecule has 1 amide bonds. The maximum absolute atomic E-state index is 14.2. The van der Waals surface area contributed by atoms with Crippen molar-refractivity contribution in [3.63, 3.8) is 0 Å². The first-order valence-electron chi connectivity index (χ1n) is 7.63. The van der Waals surface area contributed by atoms with E-state index in [1.54, 1.807) is 19.2 Å². The summed E-state index contributed by atoms with van der Waals surface area (Å²) in [7, 11) is 1.66. The van der Waals surface area contributed by atoms with Crippen molar-refractivity contribution in [3.8, 4) is 0 Å². The molecule has 2 fully saturated rings. The normalized spacial score (nSPS) is 24.7. The average Bonchev–Trinajstić information content (AvgIpc) is 2.51. The molecule has 0 radical (unpaired) electrons. The van der Waals surface area contributed by atoms with Crippen LogP contribution < -0.4 is 15.5 Å². The number of ether oxygens (including phenoxy) is 1. The lowest BCUT2D eigenvalue weighted by atomic mass is 9.89. The van der Waals surface area contributed by atoms with Gasteiger partial charge in [-0.3, -0.25) is 4.79 Å². The van der Waals surface area contributed by atoms with Crippen molar-refractivity contribution in [2.24, 2.45) is 0 Å². The molecule has 0 aromatic carbocycles. The van der Waals surface area contributed by atoms with Crippen molar-refractivity contribution in [2.75, 3.05) is 38.2 Å². The lowest BCUT2D eigenvalue weighted by Crippen LogP contribution is -2.47. The first-order valence-corrected chi connectivity index (χ1v) is 7.63. The Bertz CT molecular complexity index is 542. The molecule has 0 spiro atoms. The fourth-order valence-electron chi connectivity index (χ4n) is 2.83. The van der Waals surface area contributed by atoms with E-state index >= 15 is 0 Å². The smallest absolute Gasteiger partial charge is 0.270 e. The van der Waals surface area contributed by atoms with Crippen LogP contribution in [0.3, 0.4) is 0 Å². The Labute approximate surface area is 129 Å². The fourth-order valence-corrected chi connectivity index (χ4v) is 2.83. The highest BCUT2D eigenvalue weighted by molar-refractivity contribution is 5.92. The predicted octanol–water partition coefficient (Wildman–Crippen LogP) is 0.537. The van der Waals surface area contributed by atoms with E-state index in [1.165, 1.54) is 0 Å². The van der Waals surface area contributed by atoms with E-state index in [1.807, 2.05) is 4.90 Å². The van der Waals surface area contributed by atoms with Crippen LogP contribution in [0, 0.1) is 5.95 Å². The quantitative estimate of drug-likeness (QED) is 0.795.